The van der Waals surface area contributed by atoms with Gasteiger partial charge in [0, 0.05) is 24.7 Å². The second kappa shape index (κ2) is 13.7. The van der Waals surface area contributed by atoms with Gasteiger partial charge in [-0.05, 0) is 77.4 Å². The SMILES string of the molecule is O=C(C[C@H](Cc1cccc2ccccc12)C(=O)N[C@H](CC1=CCc2ccccc21)c1ncc(-c2ccccc2)[nH]1)C1CCNCC1. The number of hydrogen-bond acceptors (Lipinski definition) is 4. The summed E-state index contributed by atoms with van der Waals surface area (Å²) in [6.45, 7) is 1.69. The number of aromatic nitrogens is 2. The molecule has 232 valence electrons. The number of hydrogen-bond donors (Lipinski definition) is 3. The lowest BCUT2D eigenvalue weighted by atomic mass is 9.84. The van der Waals surface area contributed by atoms with Crippen LogP contribution in [0, 0.1) is 11.8 Å². The Kier molecular flexibility index (Phi) is 8.88. The number of benzene rings is 4. The number of fused-ring (bicyclic) bond motifs is 2. The van der Waals surface area contributed by atoms with Crippen LogP contribution in [-0.4, -0.2) is 34.7 Å². The Morgan fingerprint density at radius 1 is 0.848 bits per heavy atom. The van der Waals surface area contributed by atoms with E-state index in [1.54, 1.807) is 0 Å². The van der Waals surface area contributed by atoms with Gasteiger partial charge in [0.25, 0.3) is 0 Å². The number of Topliss-reactive ketones (excluding diaryl/α,β-unsaturated/α-hetero) is 1. The molecule has 1 saturated heterocycles. The average molecular weight is 609 g/mol. The Labute approximate surface area is 270 Å². The second-order valence-electron chi connectivity index (χ2n) is 12.6. The lowest BCUT2D eigenvalue weighted by Crippen LogP contribution is -2.38. The summed E-state index contributed by atoms with van der Waals surface area (Å²) < 4.78 is 0. The van der Waals surface area contributed by atoms with Crippen LogP contribution in [0.1, 0.15) is 54.2 Å². The Hall–Kier alpha value is -4.81. The molecule has 2 aliphatic rings. The molecule has 0 saturated carbocycles. The van der Waals surface area contributed by atoms with Crippen molar-refractivity contribution in [3.05, 3.63) is 132 Å². The molecule has 6 heteroatoms. The van der Waals surface area contributed by atoms with Gasteiger partial charge in [-0.1, -0.05) is 103 Å². The fourth-order valence-electron chi connectivity index (χ4n) is 7.10. The van der Waals surface area contributed by atoms with Crippen molar-refractivity contribution in [3.63, 3.8) is 0 Å². The molecular weight excluding hydrogens is 568 g/mol. The van der Waals surface area contributed by atoms with Crippen molar-refractivity contribution in [3.8, 4) is 11.3 Å². The summed E-state index contributed by atoms with van der Waals surface area (Å²) in [5.74, 6) is 0.300. The van der Waals surface area contributed by atoms with Gasteiger partial charge in [-0.3, -0.25) is 9.59 Å². The molecule has 2 atom stereocenters. The summed E-state index contributed by atoms with van der Waals surface area (Å²) in [7, 11) is 0. The molecule has 1 aliphatic heterocycles. The van der Waals surface area contributed by atoms with Gasteiger partial charge in [0.1, 0.15) is 11.6 Å². The molecule has 1 aliphatic carbocycles. The smallest absolute Gasteiger partial charge is 0.224 e. The molecule has 0 spiro atoms. The maximum Gasteiger partial charge on any atom is 0.224 e. The van der Waals surface area contributed by atoms with Gasteiger partial charge in [-0.15, -0.1) is 0 Å². The number of rotatable bonds is 11. The van der Waals surface area contributed by atoms with Crippen LogP contribution in [0.2, 0.25) is 0 Å². The van der Waals surface area contributed by atoms with E-state index >= 15 is 0 Å². The molecule has 1 fully saturated rings. The largest absolute Gasteiger partial charge is 0.346 e. The third-order valence-electron chi connectivity index (χ3n) is 9.64. The minimum atomic E-state index is -0.496. The summed E-state index contributed by atoms with van der Waals surface area (Å²) in [6, 6.07) is 32.7. The molecular formula is C40H40N4O2. The van der Waals surface area contributed by atoms with Crippen LogP contribution in [0.15, 0.2) is 109 Å². The van der Waals surface area contributed by atoms with Gasteiger partial charge in [0.15, 0.2) is 0 Å². The number of imidazole rings is 1. The molecule has 3 N–H and O–H groups in total. The van der Waals surface area contributed by atoms with E-state index in [9.17, 15) is 9.59 Å². The number of amides is 1. The van der Waals surface area contributed by atoms with Gasteiger partial charge >= 0.3 is 0 Å². The van der Waals surface area contributed by atoms with Gasteiger partial charge in [-0.25, -0.2) is 4.98 Å². The quantitative estimate of drug-likeness (QED) is 0.148. The summed E-state index contributed by atoms with van der Waals surface area (Å²) in [6.07, 6.45) is 7.97. The van der Waals surface area contributed by atoms with Crippen molar-refractivity contribution < 1.29 is 9.59 Å². The van der Waals surface area contributed by atoms with Crippen molar-refractivity contribution in [1.82, 2.24) is 20.6 Å². The summed E-state index contributed by atoms with van der Waals surface area (Å²) >= 11 is 0. The lowest BCUT2D eigenvalue weighted by molar-refractivity contribution is -0.131. The topological polar surface area (TPSA) is 86.9 Å². The van der Waals surface area contributed by atoms with Crippen LogP contribution in [0.4, 0.5) is 0 Å². The van der Waals surface area contributed by atoms with Gasteiger partial charge in [0.2, 0.25) is 5.91 Å². The van der Waals surface area contributed by atoms with Crippen molar-refractivity contribution >= 4 is 28.0 Å². The standard InChI is InChI=1S/C40H40N4O2/c45-38(30-19-21-41-22-20-30)25-33(23-31-14-8-13-27-9-4-6-15-34(27)31)40(46)44-36(24-32-18-17-28-10-5-7-16-35(28)32)39-42-26-37(43-39)29-11-2-1-3-12-29/h1-16,18,26,30,33,36,41H,17,19-25H2,(H,42,43)(H,44,46)/t33-,36+/m0/s1. The van der Waals surface area contributed by atoms with Crippen molar-refractivity contribution in [2.75, 3.05) is 13.1 Å². The van der Waals surface area contributed by atoms with E-state index in [0.717, 1.165) is 59.9 Å². The van der Waals surface area contributed by atoms with Crippen molar-refractivity contribution in [2.24, 2.45) is 11.8 Å². The first kappa shape index (κ1) is 29.9. The number of H-pyrrole nitrogens is 1. The molecule has 5 aromatic rings. The zero-order chi connectivity index (χ0) is 31.3. The highest BCUT2D eigenvalue weighted by Crippen LogP contribution is 2.35. The van der Waals surface area contributed by atoms with Crippen molar-refractivity contribution in [1.29, 1.82) is 0 Å². The Morgan fingerprint density at radius 3 is 2.48 bits per heavy atom. The van der Waals surface area contributed by atoms with E-state index in [0.29, 0.717) is 18.7 Å². The van der Waals surface area contributed by atoms with Crippen LogP contribution in [-0.2, 0) is 22.4 Å². The molecule has 46 heavy (non-hydrogen) atoms. The van der Waals surface area contributed by atoms with E-state index in [-0.39, 0.29) is 30.1 Å². The number of carbonyl (C=O) groups is 2. The monoisotopic (exact) mass is 608 g/mol. The number of ketones is 1. The van der Waals surface area contributed by atoms with E-state index in [4.69, 9.17) is 4.98 Å². The molecule has 7 rings (SSSR count). The molecule has 0 bridgehead atoms. The number of allylic oxidation sites excluding steroid dienone is 1. The van der Waals surface area contributed by atoms with Gasteiger partial charge in [0.05, 0.1) is 17.9 Å². The number of aromatic amines is 1. The Morgan fingerprint density at radius 2 is 1.61 bits per heavy atom. The van der Waals surface area contributed by atoms with E-state index in [1.807, 2.05) is 54.7 Å². The third kappa shape index (κ3) is 6.58. The number of carbonyl (C=O) groups excluding carboxylic acids is 2. The predicted octanol–water partition coefficient (Wildman–Crippen LogP) is 7.23. The van der Waals surface area contributed by atoms with Crippen molar-refractivity contribution in [2.45, 2.75) is 44.6 Å². The molecule has 0 unspecified atom stereocenters. The van der Waals surface area contributed by atoms with Gasteiger partial charge < -0.3 is 15.6 Å². The molecule has 2 heterocycles. The first-order chi connectivity index (χ1) is 22.6. The average Bonchev–Trinajstić information content (AvgIpc) is 3.77. The van der Waals surface area contributed by atoms with Crippen LogP contribution in [0.25, 0.3) is 27.6 Å². The zero-order valence-electron chi connectivity index (χ0n) is 26.0. The maximum atomic E-state index is 14.4. The second-order valence-corrected chi connectivity index (χ2v) is 12.6. The fraction of sp³-hybridized carbons (Fsp3) is 0.275. The van der Waals surface area contributed by atoms with E-state index in [1.165, 1.54) is 16.7 Å². The molecule has 0 radical (unpaired) electrons. The first-order valence-corrected chi connectivity index (χ1v) is 16.5. The first-order valence-electron chi connectivity index (χ1n) is 16.5. The predicted molar refractivity (Wildman–Crippen MR) is 184 cm³/mol. The van der Waals surface area contributed by atoms with Crippen LogP contribution in [0.3, 0.4) is 0 Å². The number of nitrogens with one attached hydrogen (secondary N) is 3. The highest BCUT2D eigenvalue weighted by molar-refractivity contribution is 5.90. The summed E-state index contributed by atoms with van der Waals surface area (Å²) in [4.78, 5) is 36.4. The third-order valence-corrected chi connectivity index (χ3v) is 9.64. The van der Waals surface area contributed by atoms with E-state index < -0.39 is 5.92 Å². The Bertz CT molecular complexity index is 1860. The number of nitrogens with zero attached hydrogens (tertiary/aromatic N) is 1. The van der Waals surface area contributed by atoms with Crippen LogP contribution < -0.4 is 10.6 Å². The van der Waals surface area contributed by atoms with Gasteiger partial charge in [-0.2, -0.15) is 0 Å². The summed E-state index contributed by atoms with van der Waals surface area (Å²) in [5, 5.41) is 9.01. The van der Waals surface area contributed by atoms with Crippen LogP contribution in [0.5, 0.6) is 0 Å². The number of piperidine rings is 1. The fourth-order valence-corrected chi connectivity index (χ4v) is 7.10. The maximum absolute atomic E-state index is 14.4. The van der Waals surface area contributed by atoms with E-state index in [2.05, 4.69) is 70.2 Å². The minimum absolute atomic E-state index is 0.00138. The highest BCUT2D eigenvalue weighted by atomic mass is 16.2. The summed E-state index contributed by atoms with van der Waals surface area (Å²) in [5.41, 5.74) is 6.76. The highest BCUT2D eigenvalue weighted by Gasteiger charge is 2.31. The Balaban J connectivity index is 1.19. The lowest BCUT2D eigenvalue weighted by Gasteiger charge is -2.26. The normalized spacial score (nSPS) is 16.0. The molecule has 1 amide bonds. The molecule has 1 aromatic heterocycles. The molecule has 4 aromatic carbocycles. The minimum Gasteiger partial charge on any atom is -0.346 e. The molecule has 6 nitrogen and oxygen atoms in total. The van der Waals surface area contributed by atoms with Crippen LogP contribution >= 0.6 is 0 Å². The zero-order valence-corrected chi connectivity index (χ0v) is 26.0.